The number of carbonyl (C=O) groups is 1. The van der Waals surface area contributed by atoms with Gasteiger partial charge in [0.15, 0.2) is 0 Å². The molecule has 30 heavy (non-hydrogen) atoms. The predicted octanol–water partition coefficient (Wildman–Crippen LogP) is 4.91. The van der Waals surface area contributed by atoms with Crippen molar-refractivity contribution >= 4 is 16.1 Å². The predicted molar refractivity (Wildman–Crippen MR) is 99.9 cm³/mol. The fraction of sp³-hybridized carbons (Fsp3) is 0.350. The lowest BCUT2D eigenvalue weighted by atomic mass is 10.1. The zero-order chi connectivity index (χ0) is 22.6. The van der Waals surface area contributed by atoms with E-state index in [1.807, 2.05) is 0 Å². The van der Waals surface area contributed by atoms with Crippen LogP contribution in [0.25, 0.3) is 0 Å². The first-order chi connectivity index (χ1) is 13.8. The van der Waals surface area contributed by atoms with E-state index in [4.69, 9.17) is 8.92 Å². The van der Waals surface area contributed by atoms with Gasteiger partial charge in [0.25, 0.3) is 10.1 Å². The molecule has 164 valence electrons. The highest BCUT2D eigenvalue weighted by Crippen LogP contribution is 2.32. The van der Waals surface area contributed by atoms with Crippen molar-refractivity contribution in [3.8, 4) is 0 Å². The highest BCUT2D eigenvalue weighted by molar-refractivity contribution is 7.86. The Hall–Kier alpha value is -2.46. The Bertz CT molecular complexity index is 986. The van der Waals surface area contributed by atoms with Crippen LogP contribution in [0.3, 0.4) is 0 Å². The van der Waals surface area contributed by atoms with Crippen LogP contribution in [0, 0.1) is 0 Å². The van der Waals surface area contributed by atoms with Crippen molar-refractivity contribution in [1.82, 2.24) is 0 Å². The van der Waals surface area contributed by atoms with E-state index in [2.05, 4.69) is 0 Å². The van der Waals surface area contributed by atoms with E-state index in [0.29, 0.717) is 17.7 Å². The third kappa shape index (κ3) is 6.53. The summed E-state index contributed by atoms with van der Waals surface area (Å²) in [6, 6.07) is 9.83. The van der Waals surface area contributed by atoms with Crippen molar-refractivity contribution in [2.75, 3.05) is 6.61 Å². The van der Waals surface area contributed by atoms with E-state index in [1.165, 1.54) is 13.8 Å². The Balaban J connectivity index is 2.07. The standard InChI is InChI=1S/C20H20F4O5S/c1-19(2,29-18(25)15-6-4-3-5-7-15)8-9-28-30(26,27)17-11-14(13-21)10-16(12-17)20(22,23)24/h3-7,10-12H,8-9,13H2,1-2H3. The number of carbonyl (C=O) groups excluding carboxylic acids is 1. The summed E-state index contributed by atoms with van der Waals surface area (Å²) in [5, 5.41) is 0. The quantitative estimate of drug-likeness (QED) is 0.326. The van der Waals surface area contributed by atoms with Gasteiger partial charge in [0, 0.05) is 6.42 Å². The highest BCUT2D eigenvalue weighted by Gasteiger charge is 2.33. The van der Waals surface area contributed by atoms with Crippen molar-refractivity contribution in [2.45, 2.75) is 43.6 Å². The number of halogens is 4. The number of benzene rings is 2. The molecule has 0 aromatic heterocycles. The van der Waals surface area contributed by atoms with Gasteiger partial charge in [0.05, 0.1) is 22.6 Å². The Kier molecular flexibility index (Phi) is 7.25. The summed E-state index contributed by atoms with van der Waals surface area (Å²) in [5.41, 5.74) is -2.54. The lowest BCUT2D eigenvalue weighted by Gasteiger charge is -2.25. The van der Waals surface area contributed by atoms with Crippen LogP contribution in [0.1, 0.15) is 41.8 Å². The van der Waals surface area contributed by atoms with Gasteiger partial charge >= 0.3 is 12.1 Å². The molecular formula is C20H20F4O5S. The Labute approximate surface area is 171 Å². The summed E-state index contributed by atoms with van der Waals surface area (Å²) < 4.78 is 86.4. The molecule has 0 saturated carbocycles. The molecule has 2 rings (SSSR count). The zero-order valence-corrected chi connectivity index (χ0v) is 17.0. The van der Waals surface area contributed by atoms with Gasteiger partial charge in [-0.15, -0.1) is 0 Å². The van der Waals surface area contributed by atoms with Crippen LogP contribution in [0.2, 0.25) is 0 Å². The third-order valence-electron chi connectivity index (χ3n) is 4.06. The van der Waals surface area contributed by atoms with Gasteiger partial charge in [-0.25, -0.2) is 9.18 Å². The summed E-state index contributed by atoms with van der Waals surface area (Å²) >= 11 is 0. The van der Waals surface area contributed by atoms with E-state index in [-0.39, 0.29) is 6.42 Å². The second-order valence-electron chi connectivity index (χ2n) is 7.04. The van der Waals surface area contributed by atoms with E-state index in [0.717, 1.165) is 6.07 Å². The van der Waals surface area contributed by atoms with E-state index >= 15 is 0 Å². The molecule has 0 aliphatic carbocycles. The first kappa shape index (κ1) is 23.8. The lowest BCUT2D eigenvalue weighted by Crippen LogP contribution is -2.30. The molecule has 0 radical (unpaired) electrons. The average molecular weight is 448 g/mol. The molecule has 0 unspecified atom stereocenters. The minimum atomic E-state index is -4.84. The van der Waals surface area contributed by atoms with Gasteiger partial charge in [0.1, 0.15) is 12.3 Å². The van der Waals surface area contributed by atoms with E-state index in [1.54, 1.807) is 30.3 Å². The number of alkyl halides is 4. The maximum Gasteiger partial charge on any atom is 0.416 e. The Morgan fingerprint density at radius 1 is 1.03 bits per heavy atom. The minimum Gasteiger partial charge on any atom is -0.456 e. The molecule has 0 heterocycles. The third-order valence-corrected chi connectivity index (χ3v) is 5.35. The summed E-state index contributed by atoms with van der Waals surface area (Å²) in [7, 11) is -4.59. The largest absolute Gasteiger partial charge is 0.456 e. The SMILES string of the molecule is CC(C)(CCOS(=O)(=O)c1cc(CF)cc(C(F)(F)F)c1)OC(=O)c1ccccc1. The van der Waals surface area contributed by atoms with Gasteiger partial charge in [-0.3, -0.25) is 4.18 Å². The molecule has 0 atom stereocenters. The maximum absolute atomic E-state index is 12.9. The molecule has 0 spiro atoms. The number of esters is 1. The molecule has 0 saturated heterocycles. The summed E-state index contributed by atoms with van der Waals surface area (Å²) in [6.45, 7) is 1.35. The zero-order valence-electron chi connectivity index (χ0n) is 16.2. The molecule has 2 aromatic rings. The normalized spacial score (nSPS) is 12.6. The van der Waals surface area contributed by atoms with Gasteiger partial charge in [-0.1, -0.05) is 18.2 Å². The Morgan fingerprint density at radius 2 is 1.67 bits per heavy atom. The minimum absolute atomic E-state index is 0.0558. The van der Waals surface area contributed by atoms with Crippen LogP contribution in [0.15, 0.2) is 53.4 Å². The molecule has 0 aliphatic rings. The summed E-state index contributed by atoms with van der Waals surface area (Å²) in [4.78, 5) is 11.3. The summed E-state index contributed by atoms with van der Waals surface area (Å²) in [5.74, 6) is -0.617. The number of hydrogen-bond acceptors (Lipinski definition) is 5. The van der Waals surface area contributed by atoms with Crippen LogP contribution in [-0.4, -0.2) is 26.6 Å². The highest BCUT2D eigenvalue weighted by atomic mass is 32.2. The molecule has 0 amide bonds. The van der Waals surface area contributed by atoms with Crippen LogP contribution >= 0.6 is 0 Å². The van der Waals surface area contributed by atoms with Crippen LogP contribution in [-0.2, 0) is 31.9 Å². The fourth-order valence-corrected chi connectivity index (χ4v) is 3.45. The maximum atomic E-state index is 12.9. The van der Waals surface area contributed by atoms with E-state index < -0.39 is 57.2 Å². The lowest BCUT2D eigenvalue weighted by molar-refractivity contribution is -0.137. The summed E-state index contributed by atoms with van der Waals surface area (Å²) in [6.07, 6.45) is -4.90. The topological polar surface area (TPSA) is 69.7 Å². The van der Waals surface area contributed by atoms with Crippen molar-refractivity contribution in [2.24, 2.45) is 0 Å². The van der Waals surface area contributed by atoms with Gasteiger partial charge in [-0.05, 0) is 49.7 Å². The second kappa shape index (κ2) is 9.13. The van der Waals surface area contributed by atoms with Crippen molar-refractivity contribution in [1.29, 1.82) is 0 Å². The molecule has 0 aliphatic heterocycles. The van der Waals surface area contributed by atoms with Crippen molar-refractivity contribution < 1.29 is 39.7 Å². The van der Waals surface area contributed by atoms with Crippen molar-refractivity contribution in [3.05, 3.63) is 65.2 Å². The molecular weight excluding hydrogens is 428 g/mol. The number of rotatable bonds is 8. The van der Waals surface area contributed by atoms with E-state index in [9.17, 15) is 30.8 Å². The van der Waals surface area contributed by atoms with Crippen molar-refractivity contribution in [3.63, 3.8) is 0 Å². The molecule has 2 aromatic carbocycles. The number of hydrogen-bond donors (Lipinski definition) is 0. The first-order valence-electron chi connectivity index (χ1n) is 8.79. The molecule has 0 N–H and O–H groups in total. The molecule has 5 nitrogen and oxygen atoms in total. The van der Waals surface area contributed by atoms with Gasteiger partial charge in [-0.2, -0.15) is 21.6 Å². The monoisotopic (exact) mass is 448 g/mol. The second-order valence-corrected chi connectivity index (χ2v) is 8.65. The number of ether oxygens (including phenoxy) is 1. The van der Waals surface area contributed by atoms with Crippen LogP contribution in [0.5, 0.6) is 0 Å². The van der Waals surface area contributed by atoms with Gasteiger partial charge in [0.2, 0.25) is 0 Å². The average Bonchev–Trinajstić information content (AvgIpc) is 2.66. The molecule has 0 bridgehead atoms. The fourth-order valence-electron chi connectivity index (χ4n) is 2.45. The first-order valence-corrected chi connectivity index (χ1v) is 10.2. The Morgan fingerprint density at radius 3 is 2.23 bits per heavy atom. The van der Waals surface area contributed by atoms with Crippen LogP contribution < -0.4 is 0 Å². The van der Waals surface area contributed by atoms with Gasteiger partial charge < -0.3 is 4.74 Å². The molecule has 0 fully saturated rings. The smallest absolute Gasteiger partial charge is 0.416 e. The molecule has 10 heteroatoms. The van der Waals surface area contributed by atoms with Crippen LogP contribution in [0.4, 0.5) is 17.6 Å².